The van der Waals surface area contributed by atoms with Crippen LogP contribution in [0.5, 0.6) is 0 Å². The molecule has 2 aromatic carbocycles. The third-order valence-electron chi connectivity index (χ3n) is 3.36. The summed E-state index contributed by atoms with van der Waals surface area (Å²) in [5.41, 5.74) is 1.90. The van der Waals surface area contributed by atoms with E-state index < -0.39 is 0 Å². The van der Waals surface area contributed by atoms with Crippen LogP contribution < -0.4 is 4.90 Å². The molecule has 1 fully saturated rings. The van der Waals surface area contributed by atoms with Crippen molar-refractivity contribution in [2.45, 2.75) is 13.3 Å². The molecule has 0 atom stereocenters. The predicted molar refractivity (Wildman–Crippen MR) is 70.7 cm³/mol. The van der Waals surface area contributed by atoms with Crippen molar-refractivity contribution in [3.63, 3.8) is 0 Å². The number of Topliss-reactive ketones (excluding diaryl/α,β-unsaturated/α-hetero) is 1. The van der Waals surface area contributed by atoms with Gasteiger partial charge in [0, 0.05) is 5.39 Å². The van der Waals surface area contributed by atoms with E-state index in [0.717, 1.165) is 22.0 Å². The lowest BCUT2D eigenvalue weighted by Crippen LogP contribution is -2.25. The van der Waals surface area contributed by atoms with Crippen LogP contribution in [0.15, 0.2) is 36.4 Å². The van der Waals surface area contributed by atoms with Gasteiger partial charge in [0.2, 0.25) is 5.91 Å². The van der Waals surface area contributed by atoms with Crippen molar-refractivity contribution >= 4 is 28.2 Å². The molecule has 3 nitrogen and oxygen atoms in total. The zero-order valence-electron chi connectivity index (χ0n) is 10.1. The highest BCUT2D eigenvalue weighted by molar-refractivity contribution is 6.18. The molecule has 1 heterocycles. The minimum Gasteiger partial charge on any atom is -0.304 e. The summed E-state index contributed by atoms with van der Waals surface area (Å²) < 4.78 is 0. The van der Waals surface area contributed by atoms with Gasteiger partial charge in [0.05, 0.1) is 18.7 Å². The number of benzene rings is 2. The number of amides is 1. The van der Waals surface area contributed by atoms with Crippen molar-refractivity contribution < 1.29 is 9.59 Å². The molecule has 0 bridgehead atoms. The molecule has 0 saturated carbocycles. The number of ketones is 1. The molecule has 0 aromatic heterocycles. The van der Waals surface area contributed by atoms with Gasteiger partial charge in [-0.05, 0) is 17.9 Å². The lowest BCUT2D eigenvalue weighted by atomic mass is 10.0. The smallest absolute Gasteiger partial charge is 0.234 e. The van der Waals surface area contributed by atoms with Gasteiger partial charge in [-0.25, -0.2) is 0 Å². The Hall–Kier alpha value is -2.16. The third-order valence-corrected chi connectivity index (χ3v) is 3.36. The minimum atomic E-state index is -0.0977. The first kappa shape index (κ1) is 11.0. The Morgan fingerprint density at radius 2 is 1.83 bits per heavy atom. The zero-order chi connectivity index (χ0) is 12.7. The Balaban J connectivity index is 2.25. The van der Waals surface area contributed by atoms with Crippen LogP contribution in [-0.4, -0.2) is 18.2 Å². The SMILES string of the molecule is Cc1ccc2ccccc2c1N1CC(=O)CC1=O. The largest absolute Gasteiger partial charge is 0.304 e. The number of carbonyl (C=O) groups is 2. The highest BCUT2D eigenvalue weighted by atomic mass is 16.2. The van der Waals surface area contributed by atoms with Crippen LogP contribution >= 0.6 is 0 Å². The topological polar surface area (TPSA) is 37.4 Å². The summed E-state index contributed by atoms with van der Waals surface area (Å²) in [6, 6.07) is 12.0. The molecule has 90 valence electrons. The zero-order valence-corrected chi connectivity index (χ0v) is 10.1. The Morgan fingerprint density at radius 3 is 2.56 bits per heavy atom. The average molecular weight is 239 g/mol. The van der Waals surface area contributed by atoms with Gasteiger partial charge in [-0.15, -0.1) is 0 Å². The molecule has 1 amide bonds. The van der Waals surface area contributed by atoms with Crippen molar-refractivity contribution in [3.05, 3.63) is 42.0 Å². The fourth-order valence-electron chi connectivity index (χ4n) is 2.51. The van der Waals surface area contributed by atoms with Crippen LogP contribution in [0.2, 0.25) is 0 Å². The van der Waals surface area contributed by atoms with Crippen LogP contribution in [-0.2, 0) is 9.59 Å². The van der Waals surface area contributed by atoms with Crippen molar-refractivity contribution in [2.75, 3.05) is 11.4 Å². The summed E-state index contributed by atoms with van der Waals surface area (Å²) in [5.74, 6) is -0.105. The van der Waals surface area contributed by atoms with E-state index in [1.807, 2.05) is 43.3 Å². The van der Waals surface area contributed by atoms with Gasteiger partial charge in [0.1, 0.15) is 0 Å². The van der Waals surface area contributed by atoms with Crippen molar-refractivity contribution in [1.29, 1.82) is 0 Å². The second kappa shape index (κ2) is 3.95. The van der Waals surface area contributed by atoms with E-state index in [2.05, 4.69) is 0 Å². The molecule has 18 heavy (non-hydrogen) atoms. The monoisotopic (exact) mass is 239 g/mol. The van der Waals surface area contributed by atoms with Gasteiger partial charge in [0.25, 0.3) is 0 Å². The Morgan fingerprint density at radius 1 is 1.06 bits per heavy atom. The van der Waals surface area contributed by atoms with Gasteiger partial charge in [0.15, 0.2) is 5.78 Å². The van der Waals surface area contributed by atoms with Crippen LogP contribution in [0, 0.1) is 6.92 Å². The molecule has 2 aromatic rings. The lowest BCUT2D eigenvalue weighted by molar-refractivity contribution is -0.121. The van der Waals surface area contributed by atoms with Gasteiger partial charge in [-0.2, -0.15) is 0 Å². The summed E-state index contributed by atoms with van der Waals surface area (Å²) in [4.78, 5) is 24.9. The van der Waals surface area contributed by atoms with Crippen LogP contribution in [0.25, 0.3) is 10.8 Å². The van der Waals surface area contributed by atoms with Crippen molar-refractivity contribution in [2.24, 2.45) is 0 Å². The highest BCUT2D eigenvalue weighted by Crippen LogP contribution is 2.32. The van der Waals surface area contributed by atoms with E-state index >= 15 is 0 Å². The molecule has 1 aliphatic heterocycles. The number of rotatable bonds is 1. The number of anilines is 1. The quantitative estimate of drug-likeness (QED) is 0.717. The van der Waals surface area contributed by atoms with Gasteiger partial charge in [-0.1, -0.05) is 36.4 Å². The first-order valence-electron chi connectivity index (χ1n) is 5.97. The number of carbonyl (C=O) groups excluding carboxylic acids is 2. The molecule has 0 unspecified atom stereocenters. The van der Waals surface area contributed by atoms with Crippen LogP contribution in [0.3, 0.4) is 0 Å². The molecular formula is C15H13NO2. The molecule has 0 spiro atoms. The Labute approximate surface area is 105 Å². The normalized spacial score (nSPS) is 15.7. The number of fused-ring (bicyclic) bond motifs is 1. The fourth-order valence-corrected chi connectivity index (χ4v) is 2.51. The maximum Gasteiger partial charge on any atom is 0.234 e. The summed E-state index contributed by atoms with van der Waals surface area (Å²) in [6.45, 7) is 2.17. The van der Waals surface area contributed by atoms with Crippen molar-refractivity contribution in [1.82, 2.24) is 0 Å². The second-order valence-corrected chi connectivity index (χ2v) is 4.65. The summed E-state index contributed by atoms with van der Waals surface area (Å²) in [7, 11) is 0. The molecule has 3 rings (SSSR count). The highest BCUT2D eigenvalue weighted by Gasteiger charge is 2.30. The Kier molecular flexibility index (Phi) is 2.40. The first-order chi connectivity index (χ1) is 8.66. The van der Waals surface area contributed by atoms with E-state index in [9.17, 15) is 9.59 Å². The molecule has 0 N–H and O–H groups in total. The average Bonchev–Trinajstić information content (AvgIpc) is 2.68. The van der Waals surface area contributed by atoms with Gasteiger partial charge >= 0.3 is 0 Å². The molecule has 1 saturated heterocycles. The lowest BCUT2D eigenvalue weighted by Gasteiger charge is -2.20. The van der Waals surface area contributed by atoms with Crippen molar-refractivity contribution in [3.8, 4) is 0 Å². The molecule has 0 aliphatic carbocycles. The predicted octanol–water partition coefficient (Wildman–Crippen LogP) is 2.45. The number of nitrogens with zero attached hydrogens (tertiary/aromatic N) is 1. The van der Waals surface area contributed by atoms with E-state index in [1.54, 1.807) is 4.90 Å². The van der Waals surface area contributed by atoms with Gasteiger partial charge in [-0.3, -0.25) is 9.59 Å². The first-order valence-corrected chi connectivity index (χ1v) is 5.97. The summed E-state index contributed by atoms with van der Waals surface area (Å²) in [6.07, 6.45) is 0.0304. The van der Waals surface area contributed by atoms with E-state index in [1.165, 1.54) is 0 Å². The van der Waals surface area contributed by atoms with Crippen LogP contribution in [0.1, 0.15) is 12.0 Å². The van der Waals surface area contributed by atoms with Crippen LogP contribution in [0.4, 0.5) is 5.69 Å². The summed E-state index contributed by atoms with van der Waals surface area (Å²) >= 11 is 0. The number of aryl methyl sites for hydroxylation is 1. The van der Waals surface area contributed by atoms with E-state index in [0.29, 0.717) is 0 Å². The molecular weight excluding hydrogens is 226 g/mol. The minimum absolute atomic E-state index is 0.00710. The Bertz CT molecular complexity index is 661. The second-order valence-electron chi connectivity index (χ2n) is 4.65. The number of hydrogen-bond acceptors (Lipinski definition) is 2. The third kappa shape index (κ3) is 1.59. The summed E-state index contributed by atoms with van der Waals surface area (Å²) in [5, 5.41) is 2.12. The molecule has 1 aliphatic rings. The molecule has 3 heteroatoms. The maximum atomic E-state index is 11.9. The maximum absolute atomic E-state index is 11.9. The standard InChI is InChI=1S/C15H13NO2/c1-10-6-7-11-4-2-3-5-13(11)15(10)16-9-12(17)8-14(16)18/h2-7H,8-9H2,1H3. The number of hydrogen-bond donors (Lipinski definition) is 0. The van der Waals surface area contributed by atoms with E-state index in [-0.39, 0.29) is 24.7 Å². The molecule has 0 radical (unpaired) electrons. The van der Waals surface area contributed by atoms with E-state index in [4.69, 9.17) is 0 Å². The fraction of sp³-hybridized carbons (Fsp3) is 0.200. The van der Waals surface area contributed by atoms with Gasteiger partial charge < -0.3 is 4.90 Å².